The van der Waals surface area contributed by atoms with Gasteiger partial charge < -0.3 is 4.74 Å². The van der Waals surface area contributed by atoms with Crippen LogP contribution in [0.15, 0.2) is 78.9 Å². The molecule has 190 valence electrons. The predicted molar refractivity (Wildman–Crippen MR) is 150 cm³/mol. The van der Waals surface area contributed by atoms with E-state index in [4.69, 9.17) is 4.74 Å². The average Bonchev–Trinajstić information content (AvgIpc) is 2.87. The molecule has 0 N–H and O–H groups in total. The molecule has 2 nitrogen and oxygen atoms in total. The Balaban J connectivity index is 1.64. The zero-order valence-corrected chi connectivity index (χ0v) is 22.6. The van der Waals surface area contributed by atoms with Gasteiger partial charge in [-0.3, -0.25) is 0 Å². The van der Waals surface area contributed by atoms with Gasteiger partial charge in [-0.05, 0) is 71.6 Å². The minimum Gasteiger partial charge on any atom is -0.423 e. The number of ether oxygens (including phenoxy) is 1. The van der Waals surface area contributed by atoms with Crippen molar-refractivity contribution in [2.75, 3.05) is 0 Å². The van der Waals surface area contributed by atoms with Crippen LogP contribution in [0.2, 0.25) is 0 Å². The third-order valence-corrected chi connectivity index (χ3v) is 8.32. The first-order valence-electron chi connectivity index (χ1n) is 13.8. The highest BCUT2D eigenvalue weighted by molar-refractivity contribution is 5.90. The van der Waals surface area contributed by atoms with Gasteiger partial charge in [0.2, 0.25) is 0 Å². The molecule has 1 aliphatic rings. The summed E-state index contributed by atoms with van der Waals surface area (Å²) in [5.41, 5.74) is 4.93. The quantitative estimate of drug-likeness (QED) is 0.248. The van der Waals surface area contributed by atoms with Gasteiger partial charge >= 0.3 is 5.97 Å². The van der Waals surface area contributed by atoms with E-state index in [-0.39, 0.29) is 16.8 Å². The van der Waals surface area contributed by atoms with E-state index >= 15 is 0 Å². The Kier molecular flexibility index (Phi) is 8.34. The van der Waals surface area contributed by atoms with E-state index in [1.54, 1.807) is 12.1 Å². The summed E-state index contributed by atoms with van der Waals surface area (Å²) < 4.78 is 5.68. The summed E-state index contributed by atoms with van der Waals surface area (Å²) in [7, 11) is 0. The van der Waals surface area contributed by atoms with Crippen molar-refractivity contribution in [2.45, 2.75) is 89.9 Å². The molecule has 2 heteroatoms. The normalized spacial score (nSPS) is 20.8. The van der Waals surface area contributed by atoms with Crippen molar-refractivity contribution < 1.29 is 9.53 Å². The summed E-state index contributed by atoms with van der Waals surface area (Å²) in [5, 5.41) is 0. The van der Waals surface area contributed by atoms with Crippen LogP contribution in [-0.4, -0.2) is 5.97 Å². The van der Waals surface area contributed by atoms with Crippen LogP contribution in [0.1, 0.15) is 106 Å². The molecule has 36 heavy (non-hydrogen) atoms. The molecule has 0 bridgehead atoms. The molecular weight excluding hydrogens is 440 g/mol. The maximum Gasteiger partial charge on any atom is 0.343 e. The molecule has 4 rings (SSSR count). The number of rotatable bonds is 7. The summed E-state index contributed by atoms with van der Waals surface area (Å²) in [6.07, 6.45) is 9.73. The van der Waals surface area contributed by atoms with Gasteiger partial charge in [0, 0.05) is 5.41 Å². The topological polar surface area (TPSA) is 26.3 Å². The molecule has 0 saturated heterocycles. The van der Waals surface area contributed by atoms with Gasteiger partial charge in [-0.1, -0.05) is 114 Å². The Hall–Kier alpha value is -2.87. The molecule has 0 radical (unpaired) electrons. The second kappa shape index (κ2) is 11.5. The van der Waals surface area contributed by atoms with Crippen molar-refractivity contribution in [1.82, 2.24) is 0 Å². The van der Waals surface area contributed by atoms with Crippen LogP contribution in [0.25, 0.3) is 0 Å². The van der Waals surface area contributed by atoms with Gasteiger partial charge in [-0.2, -0.15) is 0 Å². The minimum atomic E-state index is -0.316. The summed E-state index contributed by atoms with van der Waals surface area (Å²) in [5.74, 6) is 1.09. The molecule has 0 unspecified atom stereocenters. The lowest BCUT2D eigenvalue weighted by Crippen LogP contribution is -2.30. The van der Waals surface area contributed by atoms with Crippen LogP contribution < -0.4 is 4.74 Å². The standard InChI is InChI=1S/C34H42O2/c1-5-23-33(3,4)28-15-17-29(18-16-28)34(24-9-11-26(2)12-10-25-34)30-19-21-31(22-20-30)36-32(35)27-13-7-6-8-14-27/h6-8,13-22,26H,5,9-12,23-25H2,1-4H3. The summed E-state index contributed by atoms with van der Waals surface area (Å²) >= 11 is 0. The lowest BCUT2D eigenvalue weighted by atomic mass is 9.66. The van der Waals surface area contributed by atoms with Crippen molar-refractivity contribution in [3.63, 3.8) is 0 Å². The van der Waals surface area contributed by atoms with Crippen LogP contribution in [0.3, 0.4) is 0 Å². The average molecular weight is 483 g/mol. The van der Waals surface area contributed by atoms with Gasteiger partial charge in [0.05, 0.1) is 5.56 Å². The third-order valence-electron chi connectivity index (χ3n) is 8.32. The fraction of sp³-hybridized carbons (Fsp3) is 0.441. The first-order valence-corrected chi connectivity index (χ1v) is 13.8. The van der Waals surface area contributed by atoms with Crippen LogP contribution >= 0.6 is 0 Å². The summed E-state index contributed by atoms with van der Waals surface area (Å²) in [4.78, 5) is 12.5. The van der Waals surface area contributed by atoms with Gasteiger partial charge in [-0.25, -0.2) is 4.79 Å². The molecule has 3 aromatic rings. The first kappa shape index (κ1) is 26.2. The Morgan fingerprint density at radius 2 is 1.42 bits per heavy atom. The van der Waals surface area contributed by atoms with Crippen LogP contribution in [-0.2, 0) is 10.8 Å². The Morgan fingerprint density at radius 1 is 0.861 bits per heavy atom. The molecule has 1 fully saturated rings. The molecule has 0 atom stereocenters. The van der Waals surface area contributed by atoms with E-state index in [1.165, 1.54) is 55.2 Å². The minimum absolute atomic E-state index is 0.00443. The number of esters is 1. The Morgan fingerprint density at radius 3 is 1.97 bits per heavy atom. The number of hydrogen-bond donors (Lipinski definition) is 0. The first-order chi connectivity index (χ1) is 17.3. The Labute approximate surface area is 218 Å². The van der Waals surface area contributed by atoms with Gasteiger partial charge in [0.1, 0.15) is 5.75 Å². The maximum atomic E-state index is 12.5. The van der Waals surface area contributed by atoms with Crippen molar-refractivity contribution in [3.05, 3.63) is 101 Å². The fourth-order valence-corrected chi connectivity index (χ4v) is 6.11. The van der Waals surface area contributed by atoms with E-state index in [1.807, 2.05) is 30.3 Å². The van der Waals surface area contributed by atoms with E-state index in [9.17, 15) is 4.79 Å². The highest BCUT2D eigenvalue weighted by Gasteiger charge is 2.35. The van der Waals surface area contributed by atoms with E-state index in [0.29, 0.717) is 11.3 Å². The van der Waals surface area contributed by atoms with Crippen molar-refractivity contribution >= 4 is 5.97 Å². The smallest absolute Gasteiger partial charge is 0.343 e. The van der Waals surface area contributed by atoms with Crippen molar-refractivity contribution in [1.29, 1.82) is 0 Å². The second-order valence-electron chi connectivity index (χ2n) is 11.5. The molecular formula is C34H42O2. The molecule has 1 saturated carbocycles. The molecule has 0 aromatic heterocycles. The van der Waals surface area contributed by atoms with Gasteiger partial charge in [0.25, 0.3) is 0 Å². The zero-order valence-electron chi connectivity index (χ0n) is 22.6. The van der Waals surface area contributed by atoms with Crippen LogP contribution in [0.4, 0.5) is 0 Å². The molecule has 3 aromatic carbocycles. The second-order valence-corrected chi connectivity index (χ2v) is 11.5. The molecule has 0 amide bonds. The summed E-state index contributed by atoms with van der Waals surface area (Å²) in [6.45, 7) is 9.37. The highest BCUT2D eigenvalue weighted by Crippen LogP contribution is 2.45. The maximum absolute atomic E-state index is 12.5. The van der Waals surface area contributed by atoms with E-state index in [0.717, 1.165) is 18.8 Å². The van der Waals surface area contributed by atoms with E-state index < -0.39 is 0 Å². The largest absolute Gasteiger partial charge is 0.423 e. The molecule has 0 aliphatic heterocycles. The predicted octanol–water partition coefficient (Wildman–Crippen LogP) is 9.26. The van der Waals surface area contributed by atoms with Gasteiger partial charge in [-0.15, -0.1) is 0 Å². The molecule has 1 aliphatic carbocycles. The zero-order chi connectivity index (χ0) is 25.6. The fourth-order valence-electron chi connectivity index (χ4n) is 6.11. The monoisotopic (exact) mass is 482 g/mol. The van der Waals surface area contributed by atoms with Crippen LogP contribution in [0.5, 0.6) is 5.75 Å². The van der Waals surface area contributed by atoms with Crippen molar-refractivity contribution in [3.8, 4) is 5.75 Å². The molecule has 0 heterocycles. The lowest BCUT2D eigenvalue weighted by molar-refractivity contribution is 0.0734. The number of carbonyl (C=O) groups excluding carboxylic acids is 1. The number of carbonyl (C=O) groups is 1. The van der Waals surface area contributed by atoms with Crippen LogP contribution in [0, 0.1) is 5.92 Å². The molecule has 0 spiro atoms. The third kappa shape index (κ3) is 5.91. The van der Waals surface area contributed by atoms with E-state index in [2.05, 4.69) is 64.1 Å². The SMILES string of the molecule is CCCC(C)(C)c1ccc(C2(c3ccc(OC(=O)c4ccccc4)cc3)CCCC(C)CCC2)cc1. The van der Waals surface area contributed by atoms with Gasteiger partial charge in [0.15, 0.2) is 0 Å². The number of hydrogen-bond acceptors (Lipinski definition) is 2. The lowest BCUT2D eigenvalue weighted by Gasteiger charge is -2.38. The summed E-state index contributed by atoms with van der Waals surface area (Å²) in [6, 6.07) is 27.0. The Bertz CT molecular complexity index is 1100. The number of benzene rings is 3. The highest BCUT2D eigenvalue weighted by atomic mass is 16.5. The van der Waals surface area contributed by atoms with Crippen molar-refractivity contribution in [2.24, 2.45) is 5.92 Å².